The number of rotatable bonds is 4. The monoisotopic (exact) mass is 495 g/mol. The lowest BCUT2D eigenvalue weighted by atomic mass is 9.63. The van der Waals surface area contributed by atoms with Gasteiger partial charge in [0.1, 0.15) is 5.75 Å². The molecule has 27 heavy (non-hydrogen) atoms. The third-order valence-corrected chi connectivity index (χ3v) is 7.38. The summed E-state index contributed by atoms with van der Waals surface area (Å²) in [4.78, 5) is 12.3. The topological polar surface area (TPSA) is 38.3 Å². The molecule has 0 unspecified atom stereocenters. The summed E-state index contributed by atoms with van der Waals surface area (Å²) in [7, 11) is 1.66. The lowest BCUT2D eigenvalue weighted by molar-refractivity contribution is -0.123. The molecule has 1 amide bonds. The molecule has 1 N–H and O–H groups in total. The fourth-order valence-electron chi connectivity index (χ4n) is 4.84. The van der Waals surface area contributed by atoms with E-state index in [1.165, 1.54) is 16.7 Å². The molecule has 2 aromatic carbocycles. The summed E-state index contributed by atoms with van der Waals surface area (Å²) in [5.41, 5.74) is 3.80. The molecular formula is C22H23ClINO2. The van der Waals surface area contributed by atoms with Crippen molar-refractivity contribution >= 4 is 40.1 Å². The molecular weight excluding hydrogens is 473 g/mol. The van der Waals surface area contributed by atoms with Crippen LogP contribution in [0, 0.1) is 11.8 Å². The zero-order chi connectivity index (χ0) is 19.0. The number of nitrogens with one attached hydrogen (secondary N) is 1. The number of alkyl halides is 1. The maximum absolute atomic E-state index is 12.3. The molecule has 1 saturated carbocycles. The maximum atomic E-state index is 12.3. The molecule has 3 nitrogen and oxygen atoms in total. The first-order valence-corrected chi connectivity index (χ1v) is 11.3. The maximum Gasteiger partial charge on any atom is 0.223 e. The Morgan fingerprint density at radius 2 is 1.89 bits per heavy atom. The van der Waals surface area contributed by atoms with Crippen LogP contribution in [0.1, 0.15) is 41.4 Å². The van der Waals surface area contributed by atoms with Crippen molar-refractivity contribution in [2.75, 3.05) is 13.7 Å². The van der Waals surface area contributed by atoms with Gasteiger partial charge in [-0.05, 0) is 59.4 Å². The van der Waals surface area contributed by atoms with Crippen molar-refractivity contribution in [2.24, 2.45) is 11.8 Å². The summed E-state index contributed by atoms with van der Waals surface area (Å²) in [6, 6.07) is 14.9. The highest BCUT2D eigenvalue weighted by atomic mass is 127. The highest BCUT2D eigenvalue weighted by Crippen LogP contribution is 2.52. The Bertz CT molecular complexity index is 839. The van der Waals surface area contributed by atoms with Gasteiger partial charge in [0.2, 0.25) is 5.91 Å². The highest BCUT2D eigenvalue weighted by molar-refractivity contribution is 14.1. The average molecular weight is 496 g/mol. The SMILES string of the molecule is COc1ccc([C@@H]2CC[C@H]3C(=O)NC[C@H]3[C@H]2c2ccc(CI)cc2)c(Cl)c1. The largest absolute Gasteiger partial charge is 0.497 e. The third-order valence-electron chi connectivity index (χ3n) is 6.18. The first-order chi connectivity index (χ1) is 13.1. The molecule has 2 aliphatic rings. The molecule has 1 heterocycles. The number of methoxy groups -OCH3 is 1. The van der Waals surface area contributed by atoms with E-state index in [1.54, 1.807) is 7.11 Å². The predicted octanol–water partition coefficient (Wildman–Crippen LogP) is 5.31. The lowest BCUT2D eigenvalue weighted by Crippen LogP contribution is -2.32. The van der Waals surface area contributed by atoms with E-state index in [9.17, 15) is 4.79 Å². The highest BCUT2D eigenvalue weighted by Gasteiger charge is 2.47. The van der Waals surface area contributed by atoms with E-state index in [0.717, 1.165) is 34.6 Å². The number of benzene rings is 2. The van der Waals surface area contributed by atoms with Crippen molar-refractivity contribution in [3.05, 3.63) is 64.2 Å². The molecule has 2 fully saturated rings. The van der Waals surface area contributed by atoms with Gasteiger partial charge in [-0.3, -0.25) is 4.79 Å². The molecule has 2 aromatic rings. The van der Waals surface area contributed by atoms with Gasteiger partial charge < -0.3 is 10.1 Å². The molecule has 5 heteroatoms. The minimum Gasteiger partial charge on any atom is -0.497 e. The first kappa shape index (κ1) is 19.1. The van der Waals surface area contributed by atoms with Crippen molar-refractivity contribution in [3.63, 3.8) is 0 Å². The second-order valence-corrected chi connectivity index (χ2v) is 8.66. The summed E-state index contributed by atoms with van der Waals surface area (Å²) in [5, 5.41) is 3.85. The quantitative estimate of drug-likeness (QED) is 0.461. The molecule has 1 saturated heterocycles. The number of hydrogen-bond acceptors (Lipinski definition) is 2. The number of amides is 1. The predicted molar refractivity (Wildman–Crippen MR) is 117 cm³/mol. The molecule has 4 rings (SSSR count). The minimum atomic E-state index is 0.118. The minimum absolute atomic E-state index is 0.118. The number of carbonyl (C=O) groups excluding carboxylic acids is 1. The van der Waals surface area contributed by atoms with Crippen LogP contribution in [0.2, 0.25) is 5.02 Å². The second kappa shape index (κ2) is 8.00. The van der Waals surface area contributed by atoms with Gasteiger partial charge in [-0.1, -0.05) is 64.5 Å². The van der Waals surface area contributed by atoms with E-state index in [2.05, 4.69) is 58.2 Å². The van der Waals surface area contributed by atoms with Gasteiger partial charge in [-0.15, -0.1) is 0 Å². The van der Waals surface area contributed by atoms with Crippen molar-refractivity contribution in [1.29, 1.82) is 0 Å². The van der Waals surface area contributed by atoms with Crippen molar-refractivity contribution < 1.29 is 9.53 Å². The van der Waals surface area contributed by atoms with E-state index >= 15 is 0 Å². The van der Waals surface area contributed by atoms with Gasteiger partial charge in [0.15, 0.2) is 0 Å². The Morgan fingerprint density at radius 1 is 1.15 bits per heavy atom. The van der Waals surface area contributed by atoms with Crippen LogP contribution < -0.4 is 10.1 Å². The number of hydrogen-bond donors (Lipinski definition) is 1. The third kappa shape index (κ3) is 3.58. The fraction of sp³-hybridized carbons (Fsp3) is 0.409. The van der Waals surface area contributed by atoms with Crippen LogP contribution in [0.4, 0.5) is 0 Å². The average Bonchev–Trinajstić information content (AvgIpc) is 3.08. The van der Waals surface area contributed by atoms with Crippen LogP contribution in [0.5, 0.6) is 5.75 Å². The Hall–Kier alpha value is -1.27. The Labute approximate surface area is 179 Å². The van der Waals surface area contributed by atoms with Crippen LogP contribution in [-0.2, 0) is 9.22 Å². The van der Waals surface area contributed by atoms with Gasteiger partial charge >= 0.3 is 0 Å². The zero-order valence-electron chi connectivity index (χ0n) is 15.3. The van der Waals surface area contributed by atoms with Gasteiger partial charge in [-0.25, -0.2) is 0 Å². The fourth-order valence-corrected chi connectivity index (χ4v) is 5.66. The summed E-state index contributed by atoms with van der Waals surface area (Å²) in [5.74, 6) is 2.03. The summed E-state index contributed by atoms with van der Waals surface area (Å²) in [6.45, 7) is 0.756. The molecule has 1 aliphatic heterocycles. The van der Waals surface area contributed by atoms with E-state index in [1.807, 2.05) is 12.1 Å². The lowest BCUT2D eigenvalue weighted by Gasteiger charge is -2.40. The zero-order valence-corrected chi connectivity index (χ0v) is 18.2. The molecule has 142 valence electrons. The van der Waals surface area contributed by atoms with Crippen molar-refractivity contribution in [3.8, 4) is 5.75 Å². The van der Waals surface area contributed by atoms with Crippen LogP contribution in [0.3, 0.4) is 0 Å². The molecule has 4 atom stereocenters. The van der Waals surface area contributed by atoms with E-state index < -0.39 is 0 Å². The van der Waals surface area contributed by atoms with Crippen LogP contribution in [0.25, 0.3) is 0 Å². The van der Waals surface area contributed by atoms with Gasteiger partial charge in [-0.2, -0.15) is 0 Å². The normalized spacial score (nSPS) is 27.1. The summed E-state index contributed by atoms with van der Waals surface area (Å²) in [6.07, 6.45) is 1.89. The van der Waals surface area contributed by atoms with E-state index in [4.69, 9.17) is 16.3 Å². The van der Waals surface area contributed by atoms with Crippen molar-refractivity contribution in [2.45, 2.75) is 29.1 Å². The molecule has 0 radical (unpaired) electrons. The summed E-state index contributed by atoms with van der Waals surface area (Å²) >= 11 is 9.04. The Kier molecular flexibility index (Phi) is 5.65. The van der Waals surface area contributed by atoms with Crippen LogP contribution in [0.15, 0.2) is 42.5 Å². The number of fused-ring (bicyclic) bond motifs is 1. The molecule has 0 spiro atoms. The van der Waals surface area contributed by atoms with Crippen LogP contribution >= 0.6 is 34.2 Å². The molecule has 0 aromatic heterocycles. The van der Waals surface area contributed by atoms with E-state index in [-0.39, 0.29) is 17.7 Å². The summed E-state index contributed by atoms with van der Waals surface area (Å²) < 4.78 is 6.32. The van der Waals surface area contributed by atoms with E-state index in [0.29, 0.717) is 11.8 Å². The second-order valence-electron chi connectivity index (χ2n) is 7.49. The number of halogens is 2. The number of ether oxygens (including phenoxy) is 1. The smallest absolute Gasteiger partial charge is 0.223 e. The van der Waals surface area contributed by atoms with Gasteiger partial charge in [0, 0.05) is 21.9 Å². The molecule has 1 aliphatic carbocycles. The van der Waals surface area contributed by atoms with Crippen LogP contribution in [-0.4, -0.2) is 19.6 Å². The standard InChI is InChI=1S/C22H23ClINO2/c1-27-15-6-7-16(20(23)10-15)17-8-9-18-19(12-25-22(18)26)21(17)14-4-2-13(11-24)3-5-14/h2-7,10,17-19,21H,8-9,11-12H2,1H3,(H,25,26)/t17-,18+,19+,21-/m0/s1. The molecule has 0 bridgehead atoms. The Balaban J connectivity index is 1.75. The first-order valence-electron chi connectivity index (χ1n) is 9.38. The van der Waals surface area contributed by atoms with Crippen molar-refractivity contribution in [1.82, 2.24) is 5.32 Å². The van der Waals surface area contributed by atoms with Gasteiger partial charge in [0.25, 0.3) is 0 Å². The number of carbonyl (C=O) groups is 1. The van der Waals surface area contributed by atoms with Gasteiger partial charge in [0.05, 0.1) is 7.11 Å². The Morgan fingerprint density at radius 3 is 2.56 bits per heavy atom.